The van der Waals surface area contributed by atoms with Gasteiger partial charge in [0.25, 0.3) is 0 Å². The first-order valence-corrected chi connectivity index (χ1v) is 8.74. The second kappa shape index (κ2) is 5.46. The number of likely N-dealkylation sites (N-methyl/N-ethyl adjacent to an activating group) is 1. The number of amides is 1. The summed E-state index contributed by atoms with van der Waals surface area (Å²) in [4.78, 5) is 37.5. The van der Waals surface area contributed by atoms with Gasteiger partial charge in [-0.15, -0.1) is 0 Å². The molecule has 1 spiro atoms. The van der Waals surface area contributed by atoms with Crippen LogP contribution in [0.25, 0.3) is 0 Å². The van der Waals surface area contributed by atoms with E-state index in [4.69, 9.17) is 4.74 Å². The van der Waals surface area contributed by atoms with Gasteiger partial charge in [-0.2, -0.15) is 0 Å². The number of nitrogens with zero attached hydrogens (tertiary/aromatic N) is 1. The van der Waals surface area contributed by atoms with Gasteiger partial charge < -0.3 is 14.9 Å². The monoisotopic (exact) mass is 359 g/mol. The summed E-state index contributed by atoms with van der Waals surface area (Å²) >= 11 is 0. The fourth-order valence-electron chi connectivity index (χ4n) is 5.10. The Bertz CT molecular complexity index is 773. The Labute approximate surface area is 150 Å². The van der Waals surface area contributed by atoms with Crippen molar-refractivity contribution < 1.29 is 29.3 Å². The molecule has 0 heterocycles. The number of carboxylic acids is 2. The van der Waals surface area contributed by atoms with Crippen LogP contribution in [0, 0.1) is 23.2 Å². The number of ether oxygens (including phenoxy) is 1. The van der Waals surface area contributed by atoms with Gasteiger partial charge in [-0.1, -0.05) is 30.3 Å². The first-order chi connectivity index (χ1) is 12.3. The average molecular weight is 359 g/mol. The number of rotatable bonds is 5. The molecule has 26 heavy (non-hydrogen) atoms. The molecule has 0 saturated heterocycles. The summed E-state index contributed by atoms with van der Waals surface area (Å²) in [5.74, 6) is -3.50. The molecule has 3 fully saturated rings. The predicted octanol–water partition coefficient (Wildman–Crippen LogP) is 2.21. The lowest BCUT2D eigenvalue weighted by molar-refractivity contribution is -0.153. The molecule has 1 aromatic rings. The van der Waals surface area contributed by atoms with Gasteiger partial charge >= 0.3 is 18.0 Å². The molecule has 138 valence electrons. The molecule has 1 amide bonds. The fraction of sp³-hybridized carbons (Fsp3) is 0.526. The van der Waals surface area contributed by atoms with E-state index in [2.05, 4.69) is 0 Å². The second-order valence-electron chi connectivity index (χ2n) is 7.78. The molecule has 2 N–H and O–H groups in total. The van der Waals surface area contributed by atoms with Gasteiger partial charge in [0.1, 0.15) is 12.1 Å². The summed E-state index contributed by atoms with van der Waals surface area (Å²) < 4.78 is 5.30. The van der Waals surface area contributed by atoms with Crippen molar-refractivity contribution in [2.45, 2.75) is 31.4 Å². The van der Waals surface area contributed by atoms with Crippen LogP contribution >= 0.6 is 0 Å². The zero-order valence-electron chi connectivity index (χ0n) is 14.4. The Hall–Kier alpha value is -2.57. The summed E-state index contributed by atoms with van der Waals surface area (Å²) in [5, 5.41) is 19.5. The summed E-state index contributed by atoms with van der Waals surface area (Å²) in [6, 6.07) is 9.12. The topological polar surface area (TPSA) is 104 Å². The van der Waals surface area contributed by atoms with Gasteiger partial charge in [-0.05, 0) is 36.2 Å². The Balaban J connectivity index is 1.56. The molecule has 3 aliphatic carbocycles. The number of hydrogen-bond acceptors (Lipinski definition) is 4. The number of benzene rings is 1. The van der Waals surface area contributed by atoms with E-state index in [1.54, 1.807) is 0 Å². The molecule has 3 aliphatic rings. The van der Waals surface area contributed by atoms with E-state index in [1.807, 2.05) is 30.3 Å². The quantitative estimate of drug-likeness (QED) is 0.835. The first-order valence-electron chi connectivity index (χ1n) is 8.74. The van der Waals surface area contributed by atoms with Crippen molar-refractivity contribution in [3.63, 3.8) is 0 Å². The van der Waals surface area contributed by atoms with E-state index in [1.165, 1.54) is 7.05 Å². The minimum absolute atomic E-state index is 0.0430. The third-order valence-corrected chi connectivity index (χ3v) is 6.53. The summed E-state index contributed by atoms with van der Waals surface area (Å²) in [6.45, 7) is 0.0430. The first kappa shape index (κ1) is 16.9. The highest BCUT2D eigenvalue weighted by Crippen LogP contribution is 2.79. The summed E-state index contributed by atoms with van der Waals surface area (Å²) in [5.41, 5.74) is -0.936. The van der Waals surface area contributed by atoms with Crippen LogP contribution in [0.5, 0.6) is 0 Å². The maximum absolute atomic E-state index is 12.6. The predicted molar refractivity (Wildman–Crippen MR) is 89.1 cm³/mol. The minimum atomic E-state index is -1.50. The summed E-state index contributed by atoms with van der Waals surface area (Å²) in [6.07, 6.45) is 1.24. The lowest BCUT2D eigenvalue weighted by atomic mass is 9.84. The third kappa shape index (κ3) is 2.22. The van der Waals surface area contributed by atoms with E-state index < -0.39 is 35.4 Å². The molecular weight excluding hydrogens is 338 g/mol. The molecule has 1 aromatic carbocycles. The number of carbonyl (C=O) groups is 3. The summed E-state index contributed by atoms with van der Waals surface area (Å²) in [7, 11) is 1.41. The smallest absolute Gasteiger partial charge is 0.410 e. The molecule has 0 aliphatic heterocycles. The van der Waals surface area contributed by atoms with Crippen molar-refractivity contribution in [3.8, 4) is 0 Å². The van der Waals surface area contributed by atoms with Crippen molar-refractivity contribution in [2.75, 3.05) is 7.05 Å². The Morgan fingerprint density at radius 1 is 1.15 bits per heavy atom. The van der Waals surface area contributed by atoms with Crippen molar-refractivity contribution in [1.29, 1.82) is 0 Å². The Morgan fingerprint density at radius 3 is 2.35 bits per heavy atom. The number of carboxylic acid groups (broad SMARTS) is 2. The second-order valence-corrected chi connectivity index (χ2v) is 7.78. The SMILES string of the molecule is CN(C(=O)OCc1ccccc1)[C@@]1(C(=O)O)CC2(CC2)[C@H]2[C@H](C(=O)O)[C@H]21. The van der Waals surface area contributed by atoms with Crippen LogP contribution in [0.15, 0.2) is 30.3 Å². The lowest BCUT2D eigenvalue weighted by Crippen LogP contribution is -2.57. The van der Waals surface area contributed by atoms with E-state index in [-0.39, 0.29) is 17.9 Å². The van der Waals surface area contributed by atoms with E-state index in [9.17, 15) is 24.6 Å². The Kier molecular flexibility index (Phi) is 3.54. The fourth-order valence-corrected chi connectivity index (χ4v) is 5.10. The van der Waals surface area contributed by atoms with Gasteiger partial charge in [0, 0.05) is 13.0 Å². The lowest BCUT2D eigenvalue weighted by Gasteiger charge is -2.37. The maximum atomic E-state index is 12.6. The molecule has 0 unspecified atom stereocenters. The van der Waals surface area contributed by atoms with Crippen LogP contribution in [-0.4, -0.2) is 45.7 Å². The highest BCUT2D eigenvalue weighted by atomic mass is 16.6. The molecule has 0 aromatic heterocycles. The Morgan fingerprint density at radius 2 is 1.81 bits per heavy atom. The number of aliphatic carboxylic acids is 2. The molecule has 0 bridgehead atoms. The van der Waals surface area contributed by atoms with Gasteiger partial charge in [-0.25, -0.2) is 9.59 Å². The van der Waals surface area contributed by atoms with Crippen LogP contribution in [0.2, 0.25) is 0 Å². The minimum Gasteiger partial charge on any atom is -0.481 e. The third-order valence-electron chi connectivity index (χ3n) is 6.53. The zero-order valence-corrected chi connectivity index (χ0v) is 14.4. The molecule has 4 atom stereocenters. The number of hydrogen-bond donors (Lipinski definition) is 2. The number of carbonyl (C=O) groups excluding carboxylic acids is 1. The van der Waals surface area contributed by atoms with Crippen LogP contribution < -0.4 is 0 Å². The molecule has 7 nitrogen and oxygen atoms in total. The van der Waals surface area contributed by atoms with Crippen molar-refractivity contribution in [2.24, 2.45) is 23.2 Å². The van der Waals surface area contributed by atoms with Gasteiger partial charge in [0.2, 0.25) is 0 Å². The van der Waals surface area contributed by atoms with Gasteiger partial charge in [-0.3, -0.25) is 9.69 Å². The van der Waals surface area contributed by atoms with E-state index in [0.29, 0.717) is 6.42 Å². The molecule has 7 heteroatoms. The van der Waals surface area contributed by atoms with Crippen LogP contribution in [0.3, 0.4) is 0 Å². The van der Waals surface area contributed by atoms with E-state index >= 15 is 0 Å². The van der Waals surface area contributed by atoms with Crippen molar-refractivity contribution >= 4 is 18.0 Å². The molecular formula is C19H21NO6. The standard InChI is InChI=1S/C19H21NO6/c1-20(17(25)26-9-11-5-3-2-4-6-11)19(16(23)24)10-18(7-8-18)13-12(14(13)19)15(21)22/h2-6,12-14H,7-10H2,1H3,(H,21,22)(H,23,24)/t12-,13-,14+,19-/m0/s1. The highest BCUT2D eigenvalue weighted by Gasteiger charge is 2.83. The molecule has 3 saturated carbocycles. The van der Waals surface area contributed by atoms with Crippen LogP contribution in [0.1, 0.15) is 24.8 Å². The average Bonchev–Trinajstić information content (AvgIpc) is 3.50. The van der Waals surface area contributed by atoms with Gasteiger partial charge in [0.05, 0.1) is 5.92 Å². The van der Waals surface area contributed by atoms with Crippen LogP contribution in [-0.2, 0) is 20.9 Å². The van der Waals surface area contributed by atoms with Crippen LogP contribution in [0.4, 0.5) is 4.79 Å². The van der Waals surface area contributed by atoms with Crippen molar-refractivity contribution in [3.05, 3.63) is 35.9 Å². The highest BCUT2D eigenvalue weighted by molar-refractivity contribution is 5.89. The molecule has 0 radical (unpaired) electrons. The van der Waals surface area contributed by atoms with E-state index in [0.717, 1.165) is 23.3 Å². The van der Waals surface area contributed by atoms with Crippen molar-refractivity contribution in [1.82, 2.24) is 4.90 Å². The van der Waals surface area contributed by atoms with Gasteiger partial charge in [0.15, 0.2) is 0 Å². The maximum Gasteiger partial charge on any atom is 0.410 e. The molecule has 4 rings (SSSR count). The normalized spacial score (nSPS) is 32.6. The largest absolute Gasteiger partial charge is 0.481 e. The zero-order chi connectivity index (χ0) is 18.7. The number of fused-ring (bicyclic) bond motifs is 2.